The van der Waals surface area contributed by atoms with E-state index in [0.717, 1.165) is 12.1 Å². The number of nitro groups is 1. The lowest BCUT2D eigenvalue weighted by Gasteiger charge is -2.15. The van der Waals surface area contributed by atoms with E-state index in [9.17, 15) is 23.3 Å². The van der Waals surface area contributed by atoms with Gasteiger partial charge in [-0.2, -0.15) is 13.2 Å². The predicted molar refractivity (Wildman–Crippen MR) is 51.1 cm³/mol. The molecule has 4 nitrogen and oxygen atoms in total. The van der Waals surface area contributed by atoms with Crippen LogP contribution in [-0.4, -0.2) is 11.1 Å². The van der Waals surface area contributed by atoms with Gasteiger partial charge >= 0.3 is 6.18 Å². The van der Waals surface area contributed by atoms with Gasteiger partial charge in [-0.1, -0.05) is 23.7 Å². The van der Waals surface area contributed by atoms with Gasteiger partial charge in [-0.25, -0.2) is 0 Å². The molecule has 0 radical (unpaired) electrons. The van der Waals surface area contributed by atoms with Crippen LogP contribution in [0.2, 0.25) is 5.02 Å². The van der Waals surface area contributed by atoms with Gasteiger partial charge < -0.3 is 5.73 Å². The van der Waals surface area contributed by atoms with Crippen LogP contribution in [0.3, 0.4) is 0 Å². The van der Waals surface area contributed by atoms with Crippen LogP contribution in [0.25, 0.3) is 0 Å². The maximum atomic E-state index is 12.3. The van der Waals surface area contributed by atoms with Gasteiger partial charge in [-0.3, -0.25) is 10.1 Å². The lowest BCUT2D eigenvalue weighted by atomic mass is 10.1. The second-order valence-electron chi connectivity index (χ2n) is 2.95. The molecule has 0 bridgehead atoms. The minimum absolute atomic E-state index is 0.373. The summed E-state index contributed by atoms with van der Waals surface area (Å²) in [7, 11) is 0. The highest BCUT2D eigenvalue weighted by molar-refractivity contribution is 6.32. The van der Waals surface area contributed by atoms with Crippen LogP contribution in [0.1, 0.15) is 11.6 Å². The standard InChI is InChI=1S/C8H6ClF3N2O2/c9-5-3-1-2-4(6(5)14(15)16)7(13)8(10,11)12/h1-3,7H,13H2/t7-/m1/s1. The lowest BCUT2D eigenvalue weighted by Crippen LogP contribution is -2.29. The quantitative estimate of drug-likeness (QED) is 0.652. The second-order valence-corrected chi connectivity index (χ2v) is 3.36. The first-order valence-corrected chi connectivity index (χ1v) is 4.38. The molecule has 0 heterocycles. The molecule has 8 heteroatoms. The van der Waals surface area contributed by atoms with Crippen LogP contribution in [0.15, 0.2) is 18.2 Å². The number of nitrogens with zero attached hydrogens (tertiary/aromatic N) is 1. The van der Waals surface area contributed by atoms with Gasteiger partial charge in [0.15, 0.2) is 0 Å². The number of halogens is 4. The largest absolute Gasteiger partial charge is 0.407 e. The first kappa shape index (κ1) is 12.7. The number of benzene rings is 1. The normalized spacial score (nSPS) is 13.6. The summed E-state index contributed by atoms with van der Waals surface area (Å²) in [4.78, 5) is 9.59. The Morgan fingerprint density at radius 1 is 1.44 bits per heavy atom. The fraction of sp³-hybridized carbons (Fsp3) is 0.250. The Hall–Kier alpha value is -1.34. The van der Waals surface area contributed by atoms with Crippen molar-refractivity contribution in [2.24, 2.45) is 5.73 Å². The maximum absolute atomic E-state index is 12.3. The Bertz CT molecular complexity index is 422. The van der Waals surface area contributed by atoms with Crippen molar-refractivity contribution in [3.8, 4) is 0 Å². The summed E-state index contributed by atoms with van der Waals surface area (Å²) in [5.74, 6) is 0. The van der Waals surface area contributed by atoms with Gasteiger partial charge in [-0.05, 0) is 6.07 Å². The fourth-order valence-electron chi connectivity index (χ4n) is 1.15. The molecule has 0 aliphatic rings. The highest BCUT2D eigenvalue weighted by Crippen LogP contribution is 2.38. The van der Waals surface area contributed by atoms with E-state index in [2.05, 4.69) is 0 Å². The molecule has 2 N–H and O–H groups in total. The molecule has 0 saturated heterocycles. The first-order valence-electron chi connectivity index (χ1n) is 4.00. The van der Waals surface area contributed by atoms with Gasteiger partial charge in [0.1, 0.15) is 11.1 Å². The lowest BCUT2D eigenvalue weighted by molar-refractivity contribution is -0.386. The predicted octanol–water partition coefficient (Wildman–Crippen LogP) is 2.81. The smallest absolute Gasteiger partial charge is 0.316 e. The molecule has 1 aromatic rings. The zero-order chi connectivity index (χ0) is 12.5. The van der Waals surface area contributed by atoms with Gasteiger partial charge in [0.05, 0.1) is 10.5 Å². The molecule has 88 valence electrons. The van der Waals surface area contributed by atoms with E-state index in [0.29, 0.717) is 0 Å². The van der Waals surface area contributed by atoms with Crippen molar-refractivity contribution in [2.75, 3.05) is 0 Å². The van der Waals surface area contributed by atoms with E-state index in [1.807, 2.05) is 0 Å². The van der Waals surface area contributed by atoms with Crippen LogP contribution in [0.5, 0.6) is 0 Å². The van der Waals surface area contributed by atoms with E-state index in [4.69, 9.17) is 17.3 Å². The summed E-state index contributed by atoms with van der Waals surface area (Å²) in [5.41, 5.74) is 3.43. The molecular formula is C8H6ClF3N2O2. The zero-order valence-electron chi connectivity index (χ0n) is 7.66. The number of para-hydroxylation sites is 1. The molecule has 1 rings (SSSR count). The highest BCUT2D eigenvalue weighted by Gasteiger charge is 2.41. The fourth-order valence-corrected chi connectivity index (χ4v) is 1.40. The molecule has 1 aromatic carbocycles. The van der Waals surface area contributed by atoms with Gasteiger partial charge in [0, 0.05) is 0 Å². The van der Waals surface area contributed by atoms with Crippen LogP contribution in [0, 0.1) is 10.1 Å². The van der Waals surface area contributed by atoms with E-state index in [1.54, 1.807) is 0 Å². The summed E-state index contributed by atoms with van der Waals surface area (Å²) < 4.78 is 37.0. The number of nitrogens with two attached hydrogens (primary N) is 1. The molecule has 0 spiro atoms. The molecule has 16 heavy (non-hydrogen) atoms. The van der Waals surface area contributed by atoms with Gasteiger partial charge in [0.25, 0.3) is 5.69 Å². The van der Waals surface area contributed by atoms with Gasteiger partial charge in [0.2, 0.25) is 0 Å². The third-order valence-corrected chi connectivity index (χ3v) is 2.19. The molecule has 0 aliphatic heterocycles. The topological polar surface area (TPSA) is 69.2 Å². The molecule has 0 aromatic heterocycles. The molecule has 0 unspecified atom stereocenters. The SMILES string of the molecule is N[C@H](c1cccc(Cl)c1[N+](=O)[O-])C(F)(F)F. The Morgan fingerprint density at radius 2 is 2.00 bits per heavy atom. The third kappa shape index (κ3) is 2.42. The highest BCUT2D eigenvalue weighted by atomic mass is 35.5. The zero-order valence-corrected chi connectivity index (χ0v) is 8.42. The number of rotatable bonds is 2. The summed E-state index contributed by atoms with van der Waals surface area (Å²) in [5, 5.41) is 10.2. The molecule has 1 atom stereocenters. The number of nitro benzene ring substituents is 1. The average Bonchev–Trinajstić information content (AvgIpc) is 2.14. The van der Waals surface area contributed by atoms with Crippen molar-refractivity contribution < 1.29 is 18.1 Å². The maximum Gasteiger partial charge on any atom is 0.407 e. The van der Waals surface area contributed by atoms with Crippen molar-refractivity contribution in [2.45, 2.75) is 12.2 Å². The molecule has 0 fully saturated rings. The monoisotopic (exact) mass is 254 g/mol. The summed E-state index contributed by atoms with van der Waals surface area (Å²) >= 11 is 5.45. The van der Waals surface area contributed by atoms with Crippen molar-refractivity contribution in [3.05, 3.63) is 38.9 Å². The number of alkyl halides is 3. The molecular weight excluding hydrogens is 249 g/mol. The summed E-state index contributed by atoms with van der Waals surface area (Å²) in [6.45, 7) is 0. The molecule has 0 amide bonds. The summed E-state index contributed by atoms with van der Waals surface area (Å²) in [6, 6.07) is 0.816. The molecule has 0 aliphatic carbocycles. The number of hydrogen-bond acceptors (Lipinski definition) is 3. The Morgan fingerprint density at radius 3 is 2.44 bits per heavy atom. The van der Waals surface area contributed by atoms with Gasteiger partial charge in [-0.15, -0.1) is 0 Å². The first-order chi connectivity index (χ1) is 7.25. The Balaban J connectivity index is 3.34. The van der Waals surface area contributed by atoms with E-state index < -0.39 is 28.4 Å². The average molecular weight is 255 g/mol. The van der Waals surface area contributed by atoms with E-state index in [1.165, 1.54) is 6.07 Å². The third-order valence-electron chi connectivity index (χ3n) is 1.89. The van der Waals surface area contributed by atoms with Crippen LogP contribution >= 0.6 is 11.6 Å². The van der Waals surface area contributed by atoms with Crippen molar-refractivity contribution in [1.29, 1.82) is 0 Å². The Labute approximate surface area is 93.0 Å². The van der Waals surface area contributed by atoms with Crippen molar-refractivity contribution in [1.82, 2.24) is 0 Å². The van der Waals surface area contributed by atoms with E-state index >= 15 is 0 Å². The summed E-state index contributed by atoms with van der Waals surface area (Å²) in [6.07, 6.45) is -4.75. The van der Waals surface area contributed by atoms with E-state index in [-0.39, 0.29) is 5.02 Å². The van der Waals surface area contributed by atoms with Crippen molar-refractivity contribution in [3.63, 3.8) is 0 Å². The van der Waals surface area contributed by atoms with Crippen LogP contribution in [-0.2, 0) is 0 Å². The van der Waals surface area contributed by atoms with Crippen LogP contribution < -0.4 is 5.73 Å². The second kappa shape index (κ2) is 4.26. The minimum Gasteiger partial charge on any atom is -0.316 e. The van der Waals surface area contributed by atoms with Crippen LogP contribution in [0.4, 0.5) is 18.9 Å². The van der Waals surface area contributed by atoms with Crippen molar-refractivity contribution >= 4 is 17.3 Å². The molecule has 0 saturated carbocycles. The minimum atomic E-state index is -4.75. The number of hydrogen-bond donors (Lipinski definition) is 1. The Kier molecular flexibility index (Phi) is 3.39.